The van der Waals surface area contributed by atoms with E-state index < -0.39 is 0 Å². The summed E-state index contributed by atoms with van der Waals surface area (Å²) in [4.78, 5) is 5.59. The molecule has 0 aliphatic carbocycles. The van der Waals surface area contributed by atoms with Gasteiger partial charge in [-0.15, -0.1) is 21.5 Å². The second kappa shape index (κ2) is 5.34. The molecule has 0 aliphatic rings. The molecule has 0 aliphatic heterocycles. The average molecular weight is 306 g/mol. The Kier molecular flexibility index (Phi) is 3.54. The maximum absolute atomic E-state index is 5.38. The van der Waals surface area contributed by atoms with E-state index in [1.807, 2.05) is 19.1 Å². The van der Waals surface area contributed by atoms with Crippen molar-refractivity contribution in [3.05, 3.63) is 24.1 Å². The van der Waals surface area contributed by atoms with Gasteiger partial charge in [-0.05, 0) is 32.9 Å². The van der Waals surface area contributed by atoms with Gasteiger partial charge in [0.2, 0.25) is 5.13 Å². The van der Waals surface area contributed by atoms with Crippen LogP contribution < -0.4 is 5.32 Å². The highest BCUT2D eigenvalue weighted by Gasteiger charge is 2.16. The van der Waals surface area contributed by atoms with Crippen molar-refractivity contribution >= 4 is 27.8 Å². The van der Waals surface area contributed by atoms with Gasteiger partial charge in [0.1, 0.15) is 0 Å². The van der Waals surface area contributed by atoms with Crippen LogP contribution in [0.5, 0.6) is 0 Å². The highest BCUT2D eigenvalue weighted by molar-refractivity contribution is 7.24. The summed E-state index contributed by atoms with van der Waals surface area (Å²) in [5.74, 6) is 0.786. The number of hydrogen-bond donors (Lipinski definition) is 1. The number of rotatable bonds is 4. The lowest BCUT2D eigenvalue weighted by molar-refractivity contribution is 0.581. The van der Waals surface area contributed by atoms with Gasteiger partial charge in [-0.2, -0.15) is 0 Å². The Morgan fingerprint density at radius 1 is 1.20 bits per heavy atom. The van der Waals surface area contributed by atoms with Crippen molar-refractivity contribution in [1.29, 1.82) is 0 Å². The summed E-state index contributed by atoms with van der Waals surface area (Å²) < 4.78 is 5.38. The summed E-state index contributed by atoms with van der Waals surface area (Å²) in [5, 5.41) is 14.3. The van der Waals surface area contributed by atoms with Crippen LogP contribution in [0.1, 0.15) is 19.5 Å². The zero-order valence-electron chi connectivity index (χ0n) is 11.4. The molecule has 3 aromatic rings. The molecule has 3 aromatic heterocycles. The van der Waals surface area contributed by atoms with E-state index in [1.165, 1.54) is 0 Å². The fourth-order valence-corrected chi connectivity index (χ4v) is 3.77. The molecule has 0 bridgehead atoms. The Balaban J connectivity index is 1.92. The SMILES string of the molecule is Cc1nc(-c2ccco2)sc1-c1nnc(NC(C)C)s1. The fraction of sp³-hybridized carbons (Fsp3) is 0.308. The van der Waals surface area contributed by atoms with E-state index in [2.05, 4.69) is 34.3 Å². The molecule has 3 rings (SSSR count). The Morgan fingerprint density at radius 3 is 2.75 bits per heavy atom. The molecule has 104 valence electrons. The first kappa shape index (κ1) is 13.3. The Hall–Kier alpha value is -1.73. The second-order valence-corrected chi connectivity index (χ2v) is 6.60. The largest absolute Gasteiger partial charge is 0.462 e. The Morgan fingerprint density at radius 2 is 2.05 bits per heavy atom. The van der Waals surface area contributed by atoms with Crippen LogP contribution in [0.4, 0.5) is 5.13 Å². The number of nitrogens with one attached hydrogen (secondary N) is 1. The topological polar surface area (TPSA) is 63.8 Å². The van der Waals surface area contributed by atoms with Crippen molar-refractivity contribution in [1.82, 2.24) is 15.2 Å². The van der Waals surface area contributed by atoms with Crippen molar-refractivity contribution in [3.63, 3.8) is 0 Å². The van der Waals surface area contributed by atoms with E-state index in [0.717, 1.165) is 31.5 Å². The molecular formula is C13H14N4OS2. The molecule has 1 N–H and O–H groups in total. The number of hydrogen-bond acceptors (Lipinski definition) is 7. The molecule has 5 nitrogen and oxygen atoms in total. The molecule has 20 heavy (non-hydrogen) atoms. The first-order valence-corrected chi connectivity index (χ1v) is 7.88. The van der Waals surface area contributed by atoms with Crippen molar-refractivity contribution in [2.45, 2.75) is 26.8 Å². The first-order chi connectivity index (χ1) is 9.63. The molecule has 7 heteroatoms. The van der Waals surface area contributed by atoms with Gasteiger partial charge >= 0.3 is 0 Å². The number of nitrogens with zero attached hydrogens (tertiary/aromatic N) is 3. The summed E-state index contributed by atoms with van der Waals surface area (Å²) in [6.07, 6.45) is 1.65. The molecule has 3 heterocycles. The number of thiazole rings is 1. The van der Waals surface area contributed by atoms with Crippen LogP contribution in [0, 0.1) is 6.92 Å². The lowest BCUT2D eigenvalue weighted by Gasteiger charge is -2.02. The van der Waals surface area contributed by atoms with Gasteiger partial charge in [-0.3, -0.25) is 0 Å². The van der Waals surface area contributed by atoms with Gasteiger partial charge in [-0.25, -0.2) is 4.98 Å². The number of aryl methyl sites for hydroxylation is 1. The van der Waals surface area contributed by atoms with E-state index in [0.29, 0.717) is 6.04 Å². The number of aromatic nitrogens is 3. The van der Waals surface area contributed by atoms with E-state index >= 15 is 0 Å². The second-order valence-electron chi connectivity index (χ2n) is 4.62. The zero-order valence-corrected chi connectivity index (χ0v) is 13.0. The van der Waals surface area contributed by atoms with Crippen LogP contribution in [-0.4, -0.2) is 21.2 Å². The lowest BCUT2D eigenvalue weighted by atomic mass is 10.4. The molecule has 0 unspecified atom stereocenters. The maximum atomic E-state index is 5.38. The minimum absolute atomic E-state index is 0.344. The summed E-state index contributed by atoms with van der Waals surface area (Å²) in [6, 6.07) is 4.12. The molecule has 0 radical (unpaired) electrons. The van der Waals surface area contributed by atoms with Gasteiger partial charge in [0.05, 0.1) is 16.8 Å². The van der Waals surface area contributed by atoms with Gasteiger partial charge in [0.15, 0.2) is 15.8 Å². The molecule has 0 amide bonds. The third-order valence-corrected chi connectivity index (χ3v) is 4.74. The minimum Gasteiger partial charge on any atom is -0.462 e. The zero-order chi connectivity index (χ0) is 14.1. The molecule has 0 spiro atoms. The third kappa shape index (κ3) is 2.59. The standard InChI is InChI=1S/C13H14N4OS2/c1-7(2)14-13-17-16-12(20-13)10-8(3)15-11(19-10)9-5-4-6-18-9/h4-7H,1-3H3,(H,14,17). The lowest BCUT2D eigenvalue weighted by Crippen LogP contribution is -2.08. The maximum Gasteiger partial charge on any atom is 0.206 e. The predicted octanol–water partition coefficient (Wildman–Crippen LogP) is 4.05. The average Bonchev–Trinajstić information content (AvgIpc) is 3.07. The van der Waals surface area contributed by atoms with Crippen molar-refractivity contribution in [2.24, 2.45) is 0 Å². The van der Waals surface area contributed by atoms with Gasteiger partial charge in [0.25, 0.3) is 0 Å². The quantitative estimate of drug-likeness (QED) is 0.787. The smallest absolute Gasteiger partial charge is 0.206 e. The third-order valence-electron chi connectivity index (χ3n) is 2.56. The van der Waals surface area contributed by atoms with Gasteiger partial charge < -0.3 is 9.73 Å². The van der Waals surface area contributed by atoms with Crippen LogP contribution in [0.15, 0.2) is 22.8 Å². The van der Waals surface area contributed by atoms with Crippen LogP contribution in [0.2, 0.25) is 0 Å². The fourth-order valence-electron chi connectivity index (χ4n) is 1.72. The van der Waals surface area contributed by atoms with Crippen LogP contribution in [0.25, 0.3) is 20.7 Å². The monoisotopic (exact) mass is 306 g/mol. The van der Waals surface area contributed by atoms with E-state index in [4.69, 9.17) is 4.42 Å². The van der Waals surface area contributed by atoms with Crippen molar-refractivity contribution in [2.75, 3.05) is 5.32 Å². The van der Waals surface area contributed by atoms with Crippen LogP contribution >= 0.6 is 22.7 Å². The summed E-state index contributed by atoms with van der Waals surface area (Å²) >= 11 is 3.12. The highest BCUT2D eigenvalue weighted by Crippen LogP contribution is 2.37. The molecule has 0 saturated heterocycles. The molecule has 0 fully saturated rings. The summed E-state index contributed by atoms with van der Waals surface area (Å²) in [6.45, 7) is 6.14. The van der Waals surface area contributed by atoms with E-state index in [9.17, 15) is 0 Å². The van der Waals surface area contributed by atoms with Gasteiger partial charge in [-0.1, -0.05) is 11.3 Å². The van der Waals surface area contributed by atoms with Crippen molar-refractivity contribution in [3.8, 4) is 20.7 Å². The highest BCUT2D eigenvalue weighted by atomic mass is 32.1. The molecule has 0 aromatic carbocycles. The number of furan rings is 1. The summed E-state index contributed by atoms with van der Waals surface area (Å²) in [7, 11) is 0. The normalized spacial score (nSPS) is 11.2. The van der Waals surface area contributed by atoms with Gasteiger partial charge in [0, 0.05) is 6.04 Å². The Labute approximate surface area is 124 Å². The summed E-state index contributed by atoms with van der Waals surface area (Å²) in [5.41, 5.74) is 0.952. The number of anilines is 1. The minimum atomic E-state index is 0.344. The molecular weight excluding hydrogens is 292 g/mol. The van der Waals surface area contributed by atoms with Crippen LogP contribution in [-0.2, 0) is 0 Å². The van der Waals surface area contributed by atoms with Crippen molar-refractivity contribution < 1.29 is 4.42 Å². The molecule has 0 atom stereocenters. The molecule has 0 saturated carbocycles. The first-order valence-electron chi connectivity index (χ1n) is 6.25. The van der Waals surface area contributed by atoms with Crippen LogP contribution in [0.3, 0.4) is 0 Å². The predicted molar refractivity (Wildman–Crippen MR) is 82.2 cm³/mol. The van der Waals surface area contributed by atoms with E-state index in [1.54, 1.807) is 28.9 Å². The Bertz CT molecular complexity index is 700. The van der Waals surface area contributed by atoms with E-state index in [-0.39, 0.29) is 0 Å².